The molecule has 3 amide bonds. The van der Waals surface area contributed by atoms with Crippen molar-refractivity contribution in [1.82, 2.24) is 16.0 Å². The summed E-state index contributed by atoms with van der Waals surface area (Å²) in [4.78, 5) is 23.1. The lowest BCUT2D eigenvalue weighted by Crippen LogP contribution is -2.43. The van der Waals surface area contributed by atoms with Gasteiger partial charge in [0.05, 0.1) is 20.3 Å². The monoisotopic (exact) mass is 293 g/mol. The molecule has 1 aliphatic rings. The van der Waals surface area contributed by atoms with Gasteiger partial charge in [-0.15, -0.1) is 0 Å². The van der Waals surface area contributed by atoms with Crippen LogP contribution in [0.15, 0.2) is 18.2 Å². The second kappa shape index (κ2) is 6.34. The number of methoxy groups -OCH3 is 2. The quantitative estimate of drug-likeness (QED) is 0.740. The summed E-state index contributed by atoms with van der Waals surface area (Å²) >= 11 is 0. The largest absolute Gasteiger partial charge is 0.497 e. The van der Waals surface area contributed by atoms with E-state index in [0.717, 1.165) is 5.56 Å². The summed E-state index contributed by atoms with van der Waals surface area (Å²) in [7, 11) is 3.15. The van der Waals surface area contributed by atoms with E-state index in [1.54, 1.807) is 26.4 Å². The Bertz CT molecular complexity index is 547. The summed E-state index contributed by atoms with van der Waals surface area (Å²) in [5.74, 6) is 1.10. The van der Waals surface area contributed by atoms with E-state index in [-0.39, 0.29) is 24.5 Å². The number of hydrogen-bond acceptors (Lipinski definition) is 4. The van der Waals surface area contributed by atoms with E-state index in [1.807, 2.05) is 13.0 Å². The second-order valence-corrected chi connectivity index (χ2v) is 4.75. The molecule has 0 radical (unpaired) electrons. The van der Waals surface area contributed by atoms with E-state index in [4.69, 9.17) is 9.47 Å². The highest BCUT2D eigenvalue weighted by Crippen LogP contribution is 2.29. The smallest absolute Gasteiger partial charge is 0.315 e. The molecule has 1 heterocycles. The fraction of sp³-hybridized carbons (Fsp3) is 0.429. The van der Waals surface area contributed by atoms with Gasteiger partial charge in [0.2, 0.25) is 5.91 Å². The lowest BCUT2D eigenvalue weighted by Gasteiger charge is -2.19. The van der Waals surface area contributed by atoms with Crippen molar-refractivity contribution < 1.29 is 19.1 Å². The van der Waals surface area contributed by atoms with Gasteiger partial charge in [-0.25, -0.2) is 4.79 Å². The number of amides is 3. The topological polar surface area (TPSA) is 88.7 Å². The molecule has 0 aromatic heterocycles. The molecular weight excluding hydrogens is 274 g/mol. The number of benzene rings is 1. The van der Waals surface area contributed by atoms with Gasteiger partial charge in [0.25, 0.3) is 0 Å². The van der Waals surface area contributed by atoms with Gasteiger partial charge >= 0.3 is 6.03 Å². The molecule has 2 unspecified atom stereocenters. The summed E-state index contributed by atoms with van der Waals surface area (Å²) in [6.45, 7) is 2.13. The van der Waals surface area contributed by atoms with E-state index >= 15 is 0 Å². The molecule has 2 atom stereocenters. The van der Waals surface area contributed by atoms with Crippen LogP contribution in [-0.4, -0.2) is 38.7 Å². The van der Waals surface area contributed by atoms with Crippen molar-refractivity contribution in [3.05, 3.63) is 23.8 Å². The molecule has 1 fully saturated rings. The average Bonchev–Trinajstić information content (AvgIpc) is 2.93. The molecule has 1 aromatic rings. The van der Waals surface area contributed by atoms with Crippen molar-refractivity contribution in [2.45, 2.75) is 19.0 Å². The molecule has 114 valence electrons. The fourth-order valence-electron chi connectivity index (χ4n) is 2.18. The third-order valence-corrected chi connectivity index (χ3v) is 3.35. The van der Waals surface area contributed by atoms with Crippen LogP contribution in [0.3, 0.4) is 0 Å². The number of rotatable bonds is 5. The predicted molar refractivity (Wildman–Crippen MR) is 76.4 cm³/mol. The summed E-state index contributed by atoms with van der Waals surface area (Å²) in [6.07, 6.45) is 0. The number of urea groups is 1. The van der Waals surface area contributed by atoms with Crippen LogP contribution >= 0.6 is 0 Å². The molecule has 21 heavy (non-hydrogen) atoms. The first-order valence-corrected chi connectivity index (χ1v) is 6.61. The van der Waals surface area contributed by atoms with Crippen LogP contribution in [0.1, 0.15) is 18.5 Å². The van der Waals surface area contributed by atoms with Crippen LogP contribution in [0.2, 0.25) is 0 Å². The summed E-state index contributed by atoms with van der Waals surface area (Å²) in [6, 6.07) is 4.22. The Balaban J connectivity index is 2.10. The van der Waals surface area contributed by atoms with Gasteiger partial charge in [-0.2, -0.15) is 0 Å². The van der Waals surface area contributed by atoms with Crippen molar-refractivity contribution >= 4 is 11.9 Å². The van der Waals surface area contributed by atoms with Crippen LogP contribution in [0.4, 0.5) is 4.79 Å². The van der Waals surface area contributed by atoms with Crippen LogP contribution in [0.25, 0.3) is 0 Å². The van der Waals surface area contributed by atoms with Crippen molar-refractivity contribution in [2.75, 3.05) is 20.8 Å². The Hall–Kier alpha value is -2.44. The third kappa shape index (κ3) is 3.36. The zero-order valence-corrected chi connectivity index (χ0v) is 12.2. The normalized spacial score (nSPS) is 18.4. The van der Waals surface area contributed by atoms with E-state index in [1.165, 1.54) is 0 Å². The van der Waals surface area contributed by atoms with Gasteiger partial charge in [-0.05, 0) is 25.1 Å². The maximum Gasteiger partial charge on any atom is 0.315 e. The molecule has 1 aromatic carbocycles. The van der Waals surface area contributed by atoms with Gasteiger partial charge in [0.1, 0.15) is 17.5 Å². The van der Waals surface area contributed by atoms with Gasteiger partial charge in [-0.1, -0.05) is 0 Å². The summed E-state index contributed by atoms with van der Waals surface area (Å²) < 4.78 is 10.5. The molecule has 3 N–H and O–H groups in total. The van der Waals surface area contributed by atoms with Gasteiger partial charge < -0.3 is 25.4 Å². The number of ether oxygens (including phenoxy) is 2. The van der Waals surface area contributed by atoms with Crippen LogP contribution < -0.4 is 25.4 Å². The minimum Gasteiger partial charge on any atom is -0.497 e. The van der Waals surface area contributed by atoms with E-state index < -0.39 is 6.04 Å². The van der Waals surface area contributed by atoms with Crippen LogP contribution in [-0.2, 0) is 4.79 Å². The fourth-order valence-corrected chi connectivity index (χ4v) is 2.18. The molecule has 0 bridgehead atoms. The number of nitrogens with one attached hydrogen (secondary N) is 3. The first kappa shape index (κ1) is 15.0. The minimum absolute atomic E-state index is 0.245. The molecule has 1 saturated heterocycles. The number of hydrogen-bond donors (Lipinski definition) is 3. The molecule has 2 rings (SSSR count). The zero-order chi connectivity index (χ0) is 15.4. The molecule has 0 spiro atoms. The first-order valence-electron chi connectivity index (χ1n) is 6.61. The molecular formula is C14H19N3O4. The maximum atomic E-state index is 12.1. The Labute approximate surface area is 123 Å². The van der Waals surface area contributed by atoms with Crippen molar-refractivity contribution in [2.24, 2.45) is 0 Å². The summed E-state index contributed by atoms with van der Waals surface area (Å²) in [5, 5.41) is 7.95. The van der Waals surface area contributed by atoms with Crippen molar-refractivity contribution in [1.29, 1.82) is 0 Å². The van der Waals surface area contributed by atoms with Gasteiger partial charge in [0.15, 0.2) is 0 Å². The average molecular weight is 293 g/mol. The highest BCUT2D eigenvalue weighted by Gasteiger charge is 2.28. The molecule has 0 aliphatic carbocycles. The highest BCUT2D eigenvalue weighted by molar-refractivity contribution is 5.90. The highest BCUT2D eigenvalue weighted by atomic mass is 16.5. The Morgan fingerprint density at radius 1 is 1.38 bits per heavy atom. The Kier molecular flexibility index (Phi) is 4.52. The first-order chi connectivity index (χ1) is 10.0. The molecule has 7 nitrogen and oxygen atoms in total. The SMILES string of the molecule is COc1ccc(OC)c(C(C)NC(=O)C2CNC(=O)N2)c1. The zero-order valence-electron chi connectivity index (χ0n) is 12.2. The third-order valence-electron chi connectivity index (χ3n) is 3.35. The van der Waals surface area contributed by atoms with Crippen molar-refractivity contribution in [3.63, 3.8) is 0 Å². The van der Waals surface area contributed by atoms with Gasteiger partial charge in [0, 0.05) is 12.1 Å². The lowest BCUT2D eigenvalue weighted by molar-refractivity contribution is -0.123. The molecule has 7 heteroatoms. The van der Waals surface area contributed by atoms with Gasteiger partial charge in [-0.3, -0.25) is 4.79 Å². The van der Waals surface area contributed by atoms with E-state index in [0.29, 0.717) is 11.5 Å². The summed E-state index contributed by atoms with van der Waals surface area (Å²) in [5.41, 5.74) is 0.808. The standard InChI is InChI=1S/C14H19N3O4/c1-8(16-13(18)11-7-15-14(19)17-11)10-6-9(20-2)4-5-12(10)21-3/h4-6,8,11H,7H2,1-3H3,(H,16,18)(H2,15,17,19). The minimum atomic E-state index is -0.559. The van der Waals surface area contributed by atoms with Crippen LogP contribution in [0, 0.1) is 0 Å². The number of carbonyl (C=O) groups is 2. The molecule has 0 saturated carbocycles. The van der Waals surface area contributed by atoms with E-state index in [2.05, 4.69) is 16.0 Å². The maximum absolute atomic E-state index is 12.1. The van der Waals surface area contributed by atoms with E-state index in [9.17, 15) is 9.59 Å². The number of carbonyl (C=O) groups excluding carboxylic acids is 2. The second-order valence-electron chi connectivity index (χ2n) is 4.75. The van der Waals surface area contributed by atoms with Crippen molar-refractivity contribution in [3.8, 4) is 11.5 Å². The lowest BCUT2D eigenvalue weighted by atomic mass is 10.1. The molecule has 1 aliphatic heterocycles. The Morgan fingerprint density at radius 2 is 2.14 bits per heavy atom. The Morgan fingerprint density at radius 3 is 2.71 bits per heavy atom. The van der Waals surface area contributed by atoms with Crippen LogP contribution in [0.5, 0.6) is 11.5 Å². The predicted octanol–water partition coefficient (Wildman–Crippen LogP) is 0.562.